The number of carbonyl (C=O) groups is 1. The lowest BCUT2D eigenvalue weighted by Crippen LogP contribution is -2.30. The van der Waals surface area contributed by atoms with Crippen LogP contribution in [0.25, 0.3) is 0 Å². The highest BCUT2D eigenvalue weighted by Gasteiger charge is 2.08. The largest absolute Gasteiger partial charge is 0.480 e. The second-order valence-electron chi connectivity index (χ2n) is 1.27. The number of hydrogen-bond acceptors (Lipinski definition) is 3. The zero-order valence-corrected chi connectivity index (χ0v) is 5.39. The molecule has 3 nitrogen and oxygen atoms in total. The van der Waals surface area contributed by atoms with Crippen molar-refractivity contribution in [2.75, 3.05) is 11.9 Å². The van der Waals surface area contributed by atoms with Gasteiger partial charge in [0.2, 0.25) is 0 Å². The smallest absolute Gasteiger partial charge is 0.320 e. The molecular weight excluding hydrogens is 138 g/mol. The van der Waals surface area contributed by atoms with Gasteiger partial charge in [-0.05, 0) is 18.3 Å². The molecule has 0 saturated heterocycles. The van der Waals surface area contributed by atoms with E-state index in [1.807, 2.05) is 0 Å². The molecule has 0 saturated carbocycles. The topological polar surface area (TPSA) is 63.3 Å². The van der Waals surface area contributed by atoms with Crippen molar-refractivity contribution >= 4 is 17.7 Å². The summed E-state index contributed by atoms with van der Waals surface area (Å²) in [4.78, 5) is 10.4. The Morgan fingerprint density at radius 2 is 2.89 bits per heavy atom. The van der Waals surface area contributed by atoms with Crippen molar-refractivity contribution in [1.29, 1.82) is 0 Å². The predicted molar refractivity (Wildman–Crippen MR) is 38.6 cm³/mol. The number of carboxylic acids is 1. The van der Waals surface area contributed by atoms with Crippen molar-refractivity contribution in [3.8, 4) is 0 Å². The average Bonchev–Trinajstić information content (AvgIpc) is 1.99. The molecule has 0 bridgehead atoms. The first-order chi connectivity index (χ1) is 6.18. The number of carboxylic acid groups (broad SMARTS) is 1. The Labute approximate surface area is 65.6 Å². The van der Waals surface area contributed by atoms with E-state index in [4.69, 9.17) is 17.7 Å². The summed E-state index contributed by atoms with van der Waals surface area (Å²) in [5.41, 5.74) is 2.75. The van der Waals surface area contributed by atoms with Crippen molar-refractivity contribution in [2.45, 2.75) is 12.4 Å². The van der Waals surface area contributed by atoms with Crippen molar-refractivity contribution in [3.05, 3.63) is 0 Å². The molecule has 0 heterocycles. The molecule has 4 heteroatoms. The van der Waals surface area contributed by atoms with Gasteiger partial charge >= 0.3 is 5.97 Å². The normalized spacial score (nSPS) is 26.7. The molecule has 3 N–H and O–H groups in total. The Morgan fingerprint density at radius 3 is 3.33 bits per heavy atom. The Kier molecular flexibility index (Phi) is 1.68. The summed E-state index contributed by atoms with van der Waals surface area (Å²) >= 11 is 0.246. The van der Waals surface area contributed by atoms with E-state index in [0.717, 1.165) is 0 Å². The molecule has 54 valence electrons. The molecule has 0 fully saturated rings. The zero-order chi connectivity index (χ0) is 11.5. The number of rotatable bonds is 4. The van der Waals surface area contributed by atoms with E-state index < -0.39 is 30.3 Å². The standard InChI is InChI=1S/C5H11NO2S/c1-9-3-2-4(6)5(7)8/h4H,2-3,6H2,1H3,(H,7,8)/t4-/m0/s1/i1D2,2D,3D2/t2-,4-. The fraction of sp³-hybridized carbons (Fsp3) is 0.800. The maximum Gasteiger partial charge on any atom is 0.320 e. The minimum atomic E-state index is -2.31. The number of thioether (sulfide) groups is 1. The van der Waals surface area contributed by atoms with Crippen LogP contribution in [0.15, 0.2) is 0 Å². The first kappa shape index (κ1) is 3.25. The van der Waals surface area contributed by atoms with Gasteiger partial charge < -0.3 is 10.8 Å². The molecule has 0 radical (unpaired) electrons. The van der Waals surface area contributed by atoms with Gasteiger partial charge in [-0.3, -0.25) is 4.79 Å². The van der Waals surface area contributed by atoms with Gasteiger partial charge in [-0.25, -0.2) is 0 Å². The van der Waals surface area contributed by atoms with E-state index in [-0.39, 0.29) is 11.8 Å². The zero-order valence-electron chi connectivity index (χ0n) is 9.57. The fourth-order valence-corrected chi connectivity index (χ4v) is 0.409. The number of aliphatic carboxylic acids is 1. The molecule has 0 spiro atoms. The van der Waals surface area contributed by atoms with Gasteiger partial charge in [0, 0.05) is 6.85 Å². The van der Waals surface area contributed by atoms with E-state index in [9.17, 15) is 4.79 Å². The molecule has 0 aromatic rings. The van der Waals surface area contributed by atoms with Crippen molar-refractivity contribution in [3.63, 3.8) is 0 Å². The van der Waals surface area contributed by atoms with Crippen LogP contribution in [0.1, 0.15) is 13.3 Å². The molecule has 0 aromatic heterocycles. The summed E-state index contributed by atoms with van der Waals surface area (Å²) < 4.78 is 35.3. The minimum absolute atomic E-state index is 0.246. The van der Waals surface area contributed by atoms with Gasteiger partial charge in [-0.15, -0.1) is 0 Å². The maximum atomic E-state index is 10.4. The Hall–Kier alpha value is -0.220. The quantitative estimate of drug-likeness (QED) is 0.605. The highest BCUT2D eigenvalue weighted by molar-refractivity contribution is 7.98. The van der Waals surface area contributed by atoms with Crippen LogP contribution in [0.4, 0.5) is 0 Å². The predicted octanol–water partition coefficient (Wildman–Crippen LogP) is 0.151. The first-order valence-corrected chi connectivity index (χ1v) is 2.99. The average molecular weight is 154 g/mol. The molecule has 0 aliphatic rings. The van der Waals surface area contributed by atoms with Gasteiger partial charge in [0.05, 0.1) is 0 Å². The molecule has 0 aliphatic heterocycles. The second kappa shape index (κ2) is 4.64. The molecule has 0 rings (SSSR count). The Balaban J connectivity index is 4.48. The third-order valence-electron chi connectivity index (χ3n) is 0.601. The molecule has 9 heavy (non-hydrogen) atoms. The van der Waals surface area contributed by atoms with Crippen LogP contribution in [0.5, 0.6) is 0 Å². The first-order valence-electron chi connectivity index (χ1n) is 4.84. The third-order valence-corrected chi connectivity index (χ3v) is 0.873. The summed E-state index contributed by atoms with van der Waals surface area (Å²) in [5.74, 6) is -1.47. The van der Waals surface area contributed by atoms with Crippen LogP contribution in [-0.4, -0.2) is 29.0 Å². The molecule has 0 aromatic carbocycles. The molecule has 0 aliphatic carbocycles. The fourth-order valence-electron chi connectivity index (χ4n) is 0.184. The summed E-state index contributed by atoms with van der Waals surface area (Å²) in [5, 5.41) is 8.44. The molecule has 0 unspecified atom stereocenters. The summed E-state index contributed by atoms with van der Waals surface area (Å²) in [6.45, 7) is 0. The lowest BCUT2D eigenvalue weighted by Gasteiger charge is -2.02. The highest BCUT2D eigenvalue weighted by atomic mass is 32.2. The molecule has 2 atom stereocenters. The van der Waals surface area contributed by atoms with E-state index in [1.165, 1.54) is 0 Å². The van der Waals surface area contributed by atoms with Crippen LogP contribution >= 0.6 is 11.8 Å². The van der Waals surface area contributed by atoms with Gasteiger partial charge in [0.25, 0.3) is 0 Å². The summed E-state index contributed by atoms with van der Waals surface area (Å²) in [7, 11) is 0. The number of hydrogen-bond donors (Lipinski definition) is 2. The van der Waals surface area contributed by atoms with Gasteiger partial charge in [0.1, 0.15) is 6.04 Å². The SMILES string of the molecule is [2H]C([2H])SC([2H])([2H])[C@H]([2H])[C@H](N)C(=O)O. The Morgan fingerprint density at radius 1 is 2.22 bits per heavy atom. The van der Waals surface area contributed by atoms with Crippen molar-refractivity contribution in [1.82, 2.24) is 0 Å². The van der Waals surface area contributed by atoms with Crippen LogP contribution in [0, 0.1) is 0 Å². The van der Waals surface area contributed by atoms with Crippen LogP contribution in [0.3, 0.4) is 0 Å². The van der Waals surface area contributed by atoms with Gasteiger partial charge in [0.15, 0.2) is 0 Å². The van der Waals surface area contributed by atoms with E-state index in [0.29, 0.717) is 0 Å². The van der Waals surface area contributed by atoms with E-state index >= 15 is 0 Å². The maximum absolute atomic E-state index is 10.4. The highest BCUT2D eigenvalue weighted by Crippen LogP contribution is 1.97. The van der Waals surface area contributed by atoms with Gasteiger partial charge in [-0.1, -0.05) is 0 Å². The molecular formula is C5H11NO2S. The lowest BCUT2D eigenvalue weighted by molar-refractivity contribution is -0.138. The van der Waals surface area contributed by atoms with Gasteiger partial charge in [-0.2, -0.15) is 11.8 Å². The summed E-state index contributed by atoms with van der Waals surface area (Å²) in [6.07, 6.45) is -3.22. The minimum Gasteiger partial charge on any atom is -0.480 e. The van der Waals surface area contributed by atoms with E-state index in [1.54, 1.807) is 0 Å². The monoisotopic (exact) mass is 154 g/mol. The van der Waals surface area contributed by atoms with Crippen LogP contribution in [0.2, 0.25) is 0 Å². The van der Waals surface area contributed by atoms with Crippen LogP contribution in [-0.2, 0) is 4.79 Å². The summed E-state index contributed by atoms with van der Waals surface area (Å²) in [6, 6.07) is -1.66. The third kappa shape index (κ3) is 4.29. The molecule has 0 amide bonds. The lowest BCUT2D eigenvalue weighted by atomic mass is 10.2. The second-order valence-corrected chi connectivity index (χ2v) is 1.74. The van der Waals surface area contributed by atoms with Crippen molar-refractivity contribution in [2.24, 2.45) is 5.73 Å². The van der Waals surface area contributed by atoms with Crippen LogP contribution < -0.4 is 5.73 Å². The van der Waals surface area contributed by atoms with E-state index in [2.05, 4.69) is 0 Å². The Bertz CT molecular complexity index is 214. The number of nitrogens with two attached hydrogens (primary N) is 1. The van der Waals surface area contributed by atoms with Crippen molar-refractivity contribution < 1.29 is 16.8 Å².